The zero-order valence-corrected chi connectivity index (χ0v) is 20.8. The number of hydrogen-bond acceptors (Lipinski definition) is 6. The molecule has 0 spiro atoms. The van der Waals surface area contributed by atoms with Gasteiger partial charge in [-0.05, 0) is 30.0 Å². The van der Waals surface area contributed by atoms with Crippen LogP contribution in [0.15, 0.2) is 30.3 Å². The predicted molar refractivity (Wildman–Crippen MR) is 131 cm³/mol. The molecule has 0 bridgehead atoms. The summed E-state index contributed by atoms with van der Waals surface area (Å²) < 4.78 is 14.1. The molecule has 180 valence electrons. The monoisotopic (exact) mass is 514 g/mol. The summed E-state index contributed by atoms with van der Waals surface area (Å²) in [4.78, 5) is 38.0. The number of halogens is 3. The van der Waals surface area contributed by atoms with Crippen LogP contribution < -0.4 is 10.6 Å². The maximum atomic E-state index is 14.1. The predicted octanol–water partition coefficient (Wildman–Crippen LogP) is 6.06. The highest BCUT2D eigenvalue weighted by atomic mass is 35.5. The molecule has 3 rings (SSSR count). The number of benzene rings is 1. The number of nitriles is 1. The van der Waals surface area contributed by atoms with E-state index in [1.807, 2.05) is 33.8 Å². The number of pyridine rings is 1. The number of hydrogen-bond donors (Lipinski definition) is 2. The van der Waals surface area contributed by atoms with Crippen LogP contribution in [0.3, 0.4) is 0 Å². The number of anilines is 1. The second-order valence-corrected chi connectivity index (χ2v) is 8.92. The van der Waals surface area contributed by atoms with Crippen molar-refractivity contribution in [3.05, 3.63) is 69.1 Å². The summed E-state index contributed by atoms with van der Waals surface area (Å²) >= 11 is 12.4. The van der Waals surface area contributed by atoms with Crippen molar-refractivity contribution in [1.82, 2.24) is 20.3 Å². The first-order chi connectivity index (χ1) is 16.5. The number of amides is 3. The average molecular weight is 515 g/mol. The lowest BCUT2D eigenvalue weighted by Gasteiger charge is -2.19. The van der Waals surface area contributed by atoms with Crippen LogP contribution in [-0.4, -0.2) is 26.9 Å². The minimum Gasteiger partial charge on any atom is -0.304 e. The van der Waals surface area contributed by atoms with E-state index in [0.29, 0.717) is 17.1 Å². The minimum absolute atomic E-state index is 0.0122. The van der Waals surface area contributed by atoms with E-state index >= 15 is 0 Å². The molecule has 8 nitrogen and oxygen atoms in total. The minimum atomic E-state index is -0.867. The highest BCUT2D eigenvalue weighted by molar-refractivity contribution is 6.36. The Morgan fingerprint density at radius 3 is 2.17 bits per heavy atom. The molecule has 1 aromatic carbocycles. The van der Waals surface area contributed by atoms with Crippen molar-refractivity contribution in [2.75, 3.05) is 5.32 Å². The Kier molecular flexibility index (Phi) is 7.99. The Hall–Kier alpha value is -3.61. The number of carbonyl (C=O) groups is 2. The molecular weight excluding hydrogens is 494 g/mol. The maximum Gasteiger partial charge on any atom is 0.326 e. The Morgan fingerprint density at radius 1 is 1.03 bits per heavy atom. The van der Waals surface area contributed by atoms with Crippen LogP contribution in [0.5, 0.6) is 0 Å². The molecule has 0 atom stereocenters. The second kappa shape index (κ2) is 10.8. The average Bonchev–Trinajstić information content (AvgIpc) is 2.80. The first-order valence-corrected chi connectivity index (χ1v) is 11.3. The van der Waals surface area contributed by atoms with Gasteiger partial charge in [-0.2, -0.15) is 5.26 Å². The molecule has 11 heteroatoms. The molecule has 0 aliphatic heterocycles. The molecule has 0 aliphatic carbocycles. The third kappa shape index (κ3) is 5.73. The van der Waals surface area contributed by atoms with E-state index in [0.717, 1.165) is 0 Å². The van der Waals surface area contributed by atoms with Crippen LogP contribution in [0.2, 0.25) is 10.2 Å². The number of rotatable bonds is 5. The second-order valence-electron chi connectivity index (χ2n) is 8.16. The summed E-state index contributed by atoms with van der Waals surface area (Å²) in [6, 6.07) is 8.12. The van der Waals surface area contributed by atoms with Crippen molar-refractivity contribution in [2.45, 2.75) is 39.5 Å². The van der Waals surface area contributed by atoms with E-state index in [-0.39, 0.29) is 44.7 Å². The standard InChI is InChI=1S/C24H21Cl2FN6O2/c1-11(2)18-21(19(12(3)4)30-17(10-28)29-18)32-24(35)33-23(34)14-9-15(25)20(31-22(14)26)13-7-5-6-8-16(13)27/h5-9,11-12H,1-4H3,(H2,32,33,34,35). The Bertz CT molecular complexity index is 1330. The van der Waals surface area contributed by atoms with Crippen LogP contribution in [0.1, 0.15) is 67.1 Å². The van der Waals surface area contributed by atoms with Gasteiger partial charge in [0.1, 0.15) is 17.0 Å². The van der Waals surface area contributed by atoms with E-state index in [2.05, 4.69) is 25.6 Å². The zero-order valence-electron chi connectivity index (χ0n) is 19.3. The topological polar surface area (TPSA) is 121 Å². The molecule has 0 saturated carbocycles. The van der Waals surface area contributed by atoms with Crippen LogP contribution in [-0.2, 0) is 0 Å². The lowest BCUT2D eigenvalue weighted by Crippen LogP contribution is -2.35. The summed E-state index contributed by atoms with van der Waals surface area (Å²) in [7, 11) is 0. The summed E-state index contributed by atoms with van der Waals surface area (Å²) in [5.74, 6) is -1.72. The quantitative estimate of drug-likeness (QED) is 0.398. The Labute approximate surface area is 211 Å². The van der Waals surface area contributed by atoms with Gasteiger partial charge in [-0.25, -0.2) is 24.1 Å². The zero-order chi connectivity index (χ0) is 25.9. The summed E-state index contributed by atoms with van der Waals surface area (Å²) in [6.07, 6.45) is 0. The van der Waals surface area contributed by atoms with Crippen molar-refractivity contribution in [1.29, 1.82) is 5.26 Å². The van der Waals surface area contributed by atoms with Crippen molar-refractivity contribution >= 4 is 40.8 Å². The van der Waals surface area contributed by atoms with E-state index in [9.17, 15) is 19.2 Å². The normalized spacial score (nSPS) is 10.9. The number of carbonyl (C=O) groups excluding carboxylic acids is 2. The van der Waals surface area contributed by atoms with Crippen molar-refractivity contribution in [2.24, 2.45) is 0 Å². The molecule has 35 heavy (non-hydrogen) atoms. The van der Waals surface area contributed by atoms with Gasteiger partial charge in [0.15, 0.2) is 0 Å². The van der Waals surface area contributed by atoms with Crippen LogP contribution in [0, 0.1) is 17.1 Å². The SMILES string of the molecule is CC(C)c1nc(C#N)nc(C(C)C)c1NC(=O)NC(=O)c1cc(Cl)c(-c2ccccc2F)nc1Cl. The molecule has 3 aromatic rings. The smallest absolute Gasteiger partial charge is 0.304 e. The van der Waals surface area contributed by atoms with Gasteiger partial charge in [0.05, 0.1) is 33.4 Å². The fraction of sp³-hybridized carbons (Fsp3) is 0.250. The van der Waals surface area contributed by atoms with Crippen molar-refractivity contribution in [3.63, 3.8) is 0 Å². The summed E-state index contributed by atoms with van der Waals surface area (Å²) in [6.45, 7) is 7.41. The van der Waals surface area contributed by atoms with E-state index in [1.165, 1.54) is 24.3 Å². The fourth-order valence-corrected chi connectivity index (χ4v) is 3.77. The molecule has 0 saturated heterocycles. The number of urea groups is 1. The Balaban J connectivity index is 1.89. The van der Waals surface area contributed by atoms with E-state index in [4.69, 9.17) is 23.2 Å². The van der Waals surface area contributed by atoms with Gasteiger partial charge in [-0.3, -0.25) is 10.1 Å². The van der Waals surface area contributed by atoms with Crippen molar-refractivity contribution < 1.29 is 14.0 Å². The molecule has 2 N–H and O–H groups in total. The van der Waals surface area contributed by atoms with Gasteiger partial charge in [-0.1, -0.05) is 63.0 Å². The van der Waals surface area contributed by atoms with Gasteiger partial charge >= 0.3 is 6.03 Å². The van der Waals surface area contributed by atoms with Crippen LogP contribution >= 0.6 is 23.2 Å². The molecule has 3 amide bonds. The lowest BCUT2D eigenvalue weighted by molar-refractivity contribution is 0.0967. The van der Waals surface area contributed by atoms with E-state index in [1.54, 1.807) is 6.07 Å². The highest BCUT2D eigenvalue weighted by Gasteiger charge is 2.23. The maximum absolute atomic E-state index is 14.1. The molecular formula is C24H21Cl2FN6O2. The first kappa shape index (κ1) is 26.0. The molecule has 0 fully saturated rings. The number of aromatic nitrogens is 3. The van der Waals surface area contributed by atoms with Crippen LogP contribution in [0.4, 0.5) is 14.9 Å². The van der Waals surface area contributed by atoms with Gasteiger partial charge in [0.2, 0.25) is 5.82 Å². The van der Waals surface area contributed by atoms with Gasteiger partial charge in [0.25, 0.3) is 5.91 Å². The van der Waals surface area contributed by atoms with Gasteiger partial charge in [0, 0.05) is 5.56 Å². The lowest BCUT2D eigenvalue weighted by atomic mass is 10.0. The largest absolute Gasteiger partial charge is 0.326 e. The molecule has 0 radical (unpaired) electrons. The first-order valence-electron chi connectivity index (χ1n) is 10.6. The number of nitrogens with one attached hydrogen (secondary N) is 2. The van der Waals surface area contributed by atoms with E-state index < -0.39 is 17.8 Å². The summed E-state index contributed by atoms with van der Waals surface area (Å²) in [5, 5.41) is 13.8. The van der Waals surface area contributed by atoms with Gasteiger partial charge < -0.3 is 5.32 Å². The fourth-order valence-electron chi connectivity index (χ4n) is 3.29. The van der Waals surface area contributed by atoms with Crippen LogP contribution in [0.25, 0.3) is 11.3 Å². The number of imide groups is 1. The number of nitrogens with zero attached hydrogens (tertiary/aromatic N) is 4. The summed E-state index contributed by atoms with van der Waals surface area (Å²) in [5.41, 5.74) is 1.24. The third-order valence-corrected chi connectivity index (χ3v) is 5.50. The highest BCUT2D eigenvalue weighted by Crippen LogP contribution is 2.32. The molecule has 0 aliphatic rings. The molecule has 2 aromatic heterocycles. The van der Waals surface area contributed by atoms with Gasteiger partial charge in [-0.15, -0.1) is 0 Å². The van der Waals surface area contributed by atoms with Crippen molar-refractivity contribution in [3.8, 4) is 17.3 Å². The third-order valence-electron chi connectivity index (χ3n) is 4.93. The Morgan fingerprint density at radius 2 is 1.63 bits per heavy atom. The molecule has 2 heterocycles. The molecule has 0 unspecified atom stereocenters.